The van der Waals surface area contributed by atoms with Crippen LogP contribution in [0.1, 0.15) is 12.5 Å². The van der Waals surface area contributed by atoms with Crippen molar-refractivity contribution in [3.63, 3.8) is 0 Å². The van der Waals surface area contributed by atoms with Crippen molar-refractivity contribution in [2.75, 3.05) is 36.0 Å². The number of anilines is 2. The SMILES string of the molecule is CCc1cccc2sc(N3CCN(c4cncc(-c5cnn(C)c5)n4)CC3)nc12. The first-order chi connectivity index (χ1) is 14.2. The van der Waals surface area contributed by atoms with Gasteiger partial charge in [0.2, 0.25) is 0 Å². The molecule has 8 heteroatoms. The van der Waals surface area contributed by atoms with Crippen molar-refractivity contribution in [2.45, 2.75) is 13.3 Å². The molecule has 0 atom stereocenters. The predicted molar refractivity (Wildman–Crippen MR) is 118 cm³/mol. The van der Waals surface area contributed by atoms with Crippen molar-refractivity contribution in [3.8, 4) is 11.3 Å². The molecule has 0 unspecified atom stereocenters. The van der Waals surface area contributed by atoms with Gasteiger partial charge in [0.15, 0.2) is 5.13 Å². The van der Waals surface area contributed by atoms with E-state index in [0.29, 0.717) is 0 Å². The molecule has 148 valence electrons. The Bertz CT molecular complexity index is 1140. The average molecular weight is 406 g/mol. The zero-order chi connectivity index (χ0) is 19.8. The third kappa shape index (κ3) is 3.44. The van der Waals surface area contributed by atoms with Crippen LogP contribution in [0.2, 0.25) is 0 Å². The smallest absolute Gasteiger partial charge is 0.186 e. The Morgan fingerprint density at radius 2 is 1.83 bits per heavy atom. The van der Waals surface area contributed by atoms with Crippen LogP contribution in [0.4, 0.5) is 10.9 Å². The molecule has 5 rings (SSSR count). The van der Waals surface area contributed by atoms with Gasteiger partial charge in [-0.1, -0.05) is 30.4 Å². The summed E-state index contributed by atoms with van der Waals surface area (Å²) in [6.45, 7) is 5.86. The molecule has 1 aliphatic heterocycles. The highest BCUT2D eigenvalue weighted by Crippen LogP contribution is 2.32. The maximum atomic E-state index is 4.95. The normalized spacial score (nSPS) is 14.7. The molecule has 0 amide bonds. The van der Waals surface area contributed by atoms with Gasteiger partial charge in [-0.15, -0.1) is 0 Å². The summed E-state index contributed by atoms with van der Waals surface area (Å²) in [5, 5.41) is 5.35. The monoisotopic (exact) mass is 405 g/mol. The number of hydrogen-bond donors (Lipinski definition) is 0. The highest BCUT2D eigenvalue weighted by molar-refractivity contribution is 7.22. The number of para-hydroxylation sites is 1. The summed E-state index contributed by atoms with van der Waals surface area (Å²) in [5.74, 6) is 0.920. The predicted octanol–water partition coefficient (Wildman–Crippen LogP) is 3.38. The molecule has 0 bridgehead atoms. The standard InChI is InChI=1S/C21H23N7S/c1-3-15-5-4-6-18-20(15)25-21(29-18)28-9-7-27(8-10-28)19-13-22-12-17(24-19)16-11-23-26(2)14-16/h4-6,11-14H,3,7-10H2,1-2H3. The van der Waals surface area contributed by atoms with E-state index in [1.165, 1.54) is 10.3 Å². The zero-order valence-electron chi connectivity index (χ0n) is 16.6. The maximum absolute atomic E-state index is 4.95. The maximum Gasteiger partial charge on any atom is 0.186 e. The molecule has 0 aliphatic carbocycles. The number of nitrogens with zero attached hydrogens (tertiary/aromatic N) is 7. The van der Waals surface area contributed by atoms with Crippen molar-refractivity contribution < 1.29 is 0 Å². The fourth-order valence-corrected chi connectivity index (χ4v) is 4.81. The van der Waals surface area contributed by atoms with Gasteiger partial charge < -0.3 is 9.80 Å². The molecule has 4 aromatic rings. The minimum absolute atomic E-state index is 0.858. The van der Waals surface area contributed by atoms with Gasteiger partial charge in [0.1, 0.15) is 5.82 Å². The Morgan fingerprint density at radius 3 is 2.59 bits per heavy atom. The Kier molecular flexibility index (Phi) is 4.63. The van der Waals surface area contributed by atoms with E-state index in [1.807, 2.05) is 25.6 Å². The fraction of sp³-hybridized carbons (Fsp3) is 0.333. The van der Waals surface area contributed by atoms with Gasteiger partial charge in [0.25, 0.3) is 0 Å². The third-order valence-electron chi connectivity index (χ3n) is 5.37. The summed E-state index contributed by atoms with van der Waals surface area (Å²) in [6.07, 6.45) is 8.44. The van der Waals surface area contributed by atoms with Gasteiger partial charge in [0.05, 0.1) is 34.5 Å². The van der Waals surface area contributed by atoms with Crippen LogP contribution in [0.3, 0.4) is 0 Å². The molecule has 0 N–H and O–H groups in total. The second kappa shape index (κ2) is 7.44. The van der Waals surface area contributed by atoms with E-state index in [1.54, 1.807) is 22.2 Å². The molecule has 0 radical (unpaired) electrons. The zero-order valence-corrected chi connectivity index (χ0v) is 17.4. The summed E-state index contributed by atoms with van der Waals surface area (Å²) < 4.78 is 3.06. The van der Waals surface area contributed by atoms with Gasteiger partial charge in [-0.05, 0) is 18.1 Å². The Morgan fingerprint density at radius 1 is 1.00 bits per heavy atom. The summed E-state index contributed by atoms with van der Waals surface area (Å²) in [7, 11) is 1.91. The molecule has 1 aromatic carbocycles. The molecule has 1 aliphatic rings. The first-order valence-corrected chi connectivity index (χ1v) is 10.7. The molecular weight excluding hydrogens is 382 g/mol. The van der Waals surface area contributed by atoms with Gasteiger partial charge in [-0.3, -0.25) is 9.67 Å². The van der Waals surface area contributed by atoms with E-state index >= 15 is 0 Å². The summed E-state index contributed by atoms with van der Waals surface area (Å²) in [4.78, 5) is 18.9. The number of fused-ring (bicyclic) bond motifs is 1. The van der Waals surface area contributed by atoms with Gasteiger partial charge >= 0.3 is 0 Å². The Hall–Kier alpha value is -3.00. The summed E-state index contributed by atoms with van der Waals surface area (Å²) in [5.41, 5.74) is 4.33. The van der Waals surface area contributed by atoms with Gasteiger partial charge in [0, 0.05) is 45.0 Å². The molecule has 4 heterocycles. The van der Waals surface area contributed by atoms with E-state index in [9.17, 15) is 0 Å². The number of piperazine rings is 1. The van der Waals surface area contributed by atoms with E-state index in [-0.39, 0.29) is 0 Å². The second-order valence-electron chi connectivity index (χ2n) is 7.25. The number of aryl methyl sites for hydroxylation is 2. The number of thiazole rings is 1. The Balaban J connectivity index is 1.32. The lowest BCUT2D eigenvalue weighted by Crippen LogP contribution is -2.46. The number of rotatable bonds is 4. The van der Waals surface area contributed by atoms with Crippen LogP contribution >= 0.6 is 11.3 Å². The summed E-state index contributed by atoms with van der Waals surface area (Å²) >= 11 is 1.79. The van der Waals surface area contributed by atoms with Crippen molar-refractivity contribution >= 4 is 32.5 Å². The van der Waals surface area contributed by atoms with Crippen LogP contribution in [0.25, 0.3) is 21.5 Å². The largest absolute Gasteiger partial charge is 0.352 e. The van der Waals surface area contributed by atoms with Gasteiger partial charge in [-0.2, -0.15) is 5.10 Å². The van der Waals surface area contributed by atoms with Crippen LogP contribution in [0.5, 0.6) is 0 Å². The van der Waals surface area contributed by atoms with Crippen molar-refractivity contribution in [3.05, 3.63) is 48.5 Å². The first kappa shape index (κ1) is 18.1. The average Bonchev–Trinajstić information content (AvgIpc) is 3.40. The lowest BCUT2D eigenvalue weighted by molar-refractivity contribution is 0.645. The highest BCUT2D eigenvalue weighted by Gasteiger charge is 2.22. The molecular formula is C21H23N7S. The van der Waals surface area contributed by atoms with Crippen molar-refractivity contribution in [2.24, 2.45) is 7.05 Å². The summed E-state index contributed by atoms with van der Waals surface area (Å²) in [6, 6.07) is 6.48. The topological polar surface area (TPSA) is 63.0 Å². The number of hydrogen-bond acceptors (Lipinski definition) is 7. The number of aromatic nitrogens is 5. The number of benzene rings is 1. The molecule has 0 spiro atoms. The molecule has 3 aromatic heterocycles. The molecule has 1 fully saturated rings. The molecule has 7 nitrogen and oxygen atoms in total. The van der Waals surface area contributed by atoms with Crippen LogP contribution in [0.15, 0.2) is 43.0 Å². The van der Waals surface area contributed by atoms with E-state index in [4.69, 9.17) is 9.97 Å². The minimum Gasteiger partial charge on any atom is -0.352 e. The van der Waals surface area contributed by atoms with E-state index in [2.05, 4.69) is 45.0 Å². The minimum atomic E-state index is 0.858. The van der Waals surface area contributed by atoms with E-state index in [0.717, 1.165) is 60.3 Å². The highest BCUT2D eigenvalue weighted by atomic mass is 32.1. The first-order valence-electron chi connectivity index (χ1n) is 9.90. The quantitative estimate of drug-likeness (QED) is 0.519. The molecule has 0 saturated carbocycles. The van der Waals surface area contributed by atoms with Crippen LogP contribution in [0, 0.1) is 0 Å². The lowest BCUT2D eigenvalue weighted by atomic mass is 10.1. The van der Waals surface area contributed by atoms with Crippen LogP contribution < -0.4 is 9.80 Å². The molecule has 1 saturated heterocycles. The van der Waals surface area contributed by atoms with E-state index < -0.39 is 0 Å². The Labute approximate surface area is 173 Å². The van der Waals surface area contributed by atoms with Gasteiger partial charge in [-0.25, -0.2) is 9.97 Å². The van der Waals surface area contributed by atoms with Crippen LogP contribution in [-0.2, 0) is 13.5 Å². The lowest BCUT2D eigenvalue weighted by Gasteiger charge is -2.35. The van der Waals surface area contributed by atoms with Crippen LogP contribution in [-0.4, -0.2) is 50.9 Å². The van der Waals surface area contributed by atoms with Crippen molar-refractivity contribution in [1.29, 1.82) is 0 Å². The second-order valence-corrected chi connectivity index (χ2v) is 8.26. The molecule has 29 heavy (non-hydrogen) atoms. The van der Waals surface area contributed by atoms with Crippen molar-refractivity contribution in [1.82, 2.24) is 24.7 Å². The third-order valence-corrected chi connectivity index (χ3v) is 6.45. The fourth-order valence-electron chi connectivity index (χ4n) is 3.74.